The lowest BCUT2D eigenvalue weighted by atomic mass is 10.0. The van der Waals surface area contributed by atoms with E-state index in [1.807, 2.05) is 42.7 Å². The molecule has 0 saturated heterocycles. The number of hydrogen-bond acceptors (Lipinski definition) is 6. The van der Waals surface area contributed by atoms with Crippen molar-refractivity contribution in [1.29, 1.82) is 0 Å². The van der Waals surface area contributed by atoms with Gasteiger partial charge in [-0.1, -0.05) is 48.2 Å². The predicted octanol–water partition coefficient (Wildman–Crippen LogP) is 4.77. The number of fused-ring (bicyclic) bond motifs is 1. The molecule has 0 aliphatic heterocycles. The van der Waals surface area contributed by atoms with Crippen LogP contribution in [0.15, 0.2) is 65.8 Å². The molecule has 0 aliphatic rings. The second kappa shape index (κ2) is 10.4. The number of hydrogen-bond donors (Lipinski definition) is 2. The number of aryl methyl sites for hydroxylation is 1. The molecule has 0 radical (unpaired) electrons. The molecule has 174 valence electrons. The maximum Gasteiger partial charge on any atom is 0.335 e. The summed E-state index contributed by atoms with van der Waals surface area (Å²) in [5.41, 5.74) is 1.61. The van der Waals surface area contributed by atoms with E-state index >= 15 is 0 Å². The van der Waals surface area contributed by atoms with Crippen LogP contribution in [0.3, 0.4) is 0 Å². The summed E-state index contributed by atoms with van der Waals surface area (Å²) in [5.74, 6) is 0.270. The molecule has 1 aromatic heterocycles. The highest BCUT2D eigenvalue weighted by Crippen LogP contribution is 2.28. The van der Waals surface area contributed by atoms with Gasteiger partial charge in [-0.05, 0) is 54.4 Å². The molecule has 4 aromatic rings. The summed E-state index contributed by atoms with van der Waals surface area (Å²) in [7, 11) is 0. The third kappa shape index (κ3) is 5.20. The van der Waals surface area contributed by atoms with Crippen molar-refractivity contribution in [3.63, 3.8) is 0 Å². The molecule has 0 spiro atoms. The lowest BCUT2D eigenvalue weighted by Gasteiger charge is -2.12. The molecule has 0 aliphatic carbocycles. The van der Waals surface area contributed by atoms with Crippen molar-refractivity contribution in [3.8, 4) is 5.75 Å². The van der Waals surface area contributed by atoms with Crippen LogP contribution in [0.4, 0.5) is 5.69 Å². The van der Waals surface area contributed by atoms with Crippen molar-refractivity contribution in [2.24, 2.45) is 0 Å². The summed E-state index contributed by atoms with van der Waals surface area (Å²) in [6.07, 6.45) is 0. The maximum atomic E-state index is 12.4. The monoisotopic (exact) mass is 476 g/mol. The molecule has 1 heterocycles. The van der Waals surface area contributed by atoms with Gasteiger partial charge in [-0.25, -0.2) is 4.79 Å². The van der Waals surface area contributed by atoms with Crippen molar-refractivity contribution < 1.29 is 19.4 Å². The van der Waals surface area contributed by atoms with Crippen LogP contribution in [0.1, 0.15) is 28.7 Å². The first-order chi connectivity index (χ1) is 16.5. The molecule has 1 amide bonds. The molecule has 9 heteroatoms. The van der Waals surface area contributed by atoms with Gasteiger partial charge in [0.15, 0.2) is 11.0 Å². The number of benzene rings is 3. The van der Waals surface area contributed by atoms with E-state index in [9.17, 15) is 9.59 Å². The number of carboxylic acids is 1. The van der Waals surface area contributed by atoms with E-state index in [0.717, 1.165) is 22.1 Å². The highest BCUT2D eigenvalue weighted by molar-refractivity contribution is 7.99. The van der Waals surface area contributed by atoms with E-state index in [0.29, 0.717) is 23.2 Å². The number of nitrogens with one attached hydrogen (secondary N) is 1. The van der Waals surface area contributed by atoms with Crippen LogP contribution in [0, 0.1) is 6.92 Å². The number of nitrogens with zero attached hydrogens (tertiary/aromatic N) is 3. The quantitative estimate of drug-likeness (QED) is 0.335. The van der Waals surface area contributed by atoms with E-state index in [-0.39, 0.29) is 23.8 Å². The first-order valence-electron chi connectivity index (χ1n) is 10.8. The van der Waals surface area contributed by atoms with Crippen LogP contribution < -0.4 is 10.1 Å². The zero-order valence-corrected chi connectivity index (χ0v) is 19.6. The number of rotatable bonds is 9. The number of carboxylic acid groups (broad SMARTS) is 1. The summed E-state index contributed by atoms with van der Waals surface area (Å²) in [4.78, 5) is 23.5. The lowest BCUT2D eigenvalue weighted by Crippen LogP contribution is -2.15. The number of aromatic carboxylic acids is 1. The molecular formula is C25H24N4O4S. The van der Waals surface area contributed by atoms with E-state index in [2.05, 4.69) is 27.6 Å². The zero-order valence-electron chi connectivity index (χ0n) is 18.8. The third-order valence-electron chi connectivity index (χ3n) is 5.34. The standard InChI is InChI=1S/C25H24N4O4S/c1-3-29-22(14-33-21-12-11-17-7-4-5-10-20(17)16(21)2)27-28-25(29)34-15-23(30)26-19-9-6-8-18(13-19)24(31)32/h4-13H,3,14-15H2,1-2H3,(H,26,30)(H,31,32). The maximum absolute atomic E-state index is 12.4. The smallest absolute Gasteiger partial charge is 0.335 e. The zero-order chi connectivity index (χ0) is 24.1. The molecule has 8 nitrogen and oxygen atoms in total. The first-order valence-corrected chi connectivity index (χ1v) is 11.7. The number of anilines is 1. The summed E-state index contributed by atoms with van der Waals surface area (Å²) in [5, 5.41) is 23.2. The fourth-order valence-electron chi connectivity index (χ4n) is 3.61. The van der Waals surface area contributed by atoms with Crippen LogP contribution in [0.2, 0.25) is 0 Å². The predicted molar refractivity (Wildman–Crippen MR) is 131 cm³/mol. The van der Waals surface area contributed by atoms with Gasteiger partial charge in [-0.15, -0.1) is 10.2 Å². The second-order valence-electron chi connectivity index (χ2n) is 7.56. The Bertz CT molecular complexity index is 1350. The topological polar surface area (TPSA) is 106 Å². The van der Waals surface area contributed by atoms with Gasteiger partial charge in [-0.2, -0.15) is 0 Å². The van der Waals surface area contributed by atoms with Crippen molar-refractivity contribution in [3.05, 3.63) is 77.6 Å². The van der Waals surface area contributed by atoms with Gasteiger partial charge in [0.05, 0.1) is 11.3 Å². The number of carbonyl (C=O) groups is 2. The molecule has 0 atom stereocenters. The molecule has 0 bridgehead atoms. The summed E-state index contributed by atoms with van der Waals surface area (Å²) >= 11 is 1.26. The van der Waals surface area contributed by atoms with Crippen LogP contribution in [0.25, 0.3) is 10.8 Å². The minimum atomic E-state index is -1.05. The summed E-state index contributed by atoms with van der Waals surface area (Å²) < 4.78 is 7.98. The molecule has 3 aromatic carbocycles. The molecule has 34 heavy (non-hydrogen) atoms. The van der Waals surface area contributed by atoms with Crippen molar-refractivity contribution in [1.82, 2.24) is 14.8 Å². The molecular weight excluding hydrogens is 452 g/mol. The van der Waals surface area contributed by atoms with Crippen molar-refractivity contribution in [2.45, 2.75) is 32.2 Å². The number of amides is 1. The van der Waals surface area contributed by atoms with E-state index in [1.54, 1.807) is 12.1 Å². The average Bonchev–Trinajstić information content (AvgIpc) is 3.24. The number of aromatic nitrogens is 3. The van der Waals surface area contributed by atoms with E-state index < -0.39 is 5.97 Å². The average molecular weight is 477 g/mol. The Morgan fingerprint density at radius 1 is 1.09 bits per heavy atom. The summed E-state index contributed by atoms with van der Waals surface area (Å²) in [6, 6.07) is 18.3. The van der Waals surface area contributed by atoms with Gasteiger partial charge >= 0.3 is 5.97 Å². The Morgan fingerprint density at radius 2 is 1.91 bits per heavy atom. The first kappa shape index (κ1) is 23.3. The normalized spacial score (nSPS) is 10.9. The number of carbonyl (C=O) groups excluding carboxylic acids is 1. The van der Waals surface area contributed by atoms with Crippen molar-refractivity contribution >= 4 is 40.1 Å². The van der Waals surface area contributed by atoms with Gasteiger partial charge in [-0.3, -0.25) is 4.79 Å². The van der Waals surface area contributed by atoms with Gasteiger partial charge in [0.25, 0.3) is 0 Å². The van der Waals surface area contributed by atoms with Gasteiger partial charge in [0, 0.05) is 12.2 Å². The Balaban J connectivity index is 1.39. The lowest BCUT2D eigenvalue weighted by molar-refractivity contribution is -0.113. The number of thioether (sulfide) groups is 1. The Labute approximate surface area is 201 Å². The van der Waals surface area contributed by atoms with Crippen LogP contribution >= 0.6 is 11.8 Å². The highest BCUT2D eigenvalue weighted by atomic mass is 32.2. The minimum Gasteiger partial charge on any atom is -0.485 e. The molecule has 0 saturated carbocycles. The van der Waals surface area contributed by atoms with Gasteiger partial charge in [0.2, 0.25) is 5.91 Å². The Morgan fingerprint density at radius 3 is 2.71 bits per heavy atom. The number of ether oxygens (including phenoxy) is 1. The molecule has 0 unspecified atom stereocenters. The molecule has 4 rings (SSSR count). The van der Waals surface area contributed by atoms with E-state index in [1.165, 1.54) is 23.9 Å². The van der Waals surface area contributed by atoms with Gasteiger partial charge in [0.1, 0.15) is 12.4 Å². The summed E-state index contributed by atoms with van der Waals surface area (Å²) in [6.45, 7) is 4.91. The van der Waals surface area contributed by atoms with Crippen LogP contribution in [-0.2, 0) is 17.9 Å². The largest absolute Gasteiger partial charge is 0.485 e. The minimum absolute atomic E-state index is 0.111. The Hall–Kier alpha value is -3.85. The van der Waals surface area contributed by atoms with Crippen LogP contribution in [0.5, 0.6) is 5.75 Å². The highest BCUT2D eigenvalue weighted by Gasteiger charge is 2.15. The third-order valence-corrected chi connectivity index (χ3v) is 6.31. The Kier molecular flexibility index (Phi) is 7.12. The SMILES string of the molecule is CCn1c(COc2ccc3ccccc3c2C)nnc1SCC(=O)Nc1cccc(C(=O)O)c1. The molecule has 0 fully saturated rings. The molecule has 2 N–H and O–H groups in total. The van der Waals surface area contributed by atoms with Crippen molar-refractivity contribution in [2.75, 3.05) is 11.1 Å². The van der Waals surface area contributed by atoms with Crippen LogP contribution in [-0.4, -0.2) is 37.5 Å². The van der Waals surface area contributed by atoms with E-state index in [4.69, 9.17) is 9.84 Å². The van der Waals surface area contributed by atoms with Gasteiger partial charge < -0.3 is 19.7 Å². The fourth-order valence-corrected chi connectivity index (χ4v) is 4.43. The second-order valence-corrected chi connectivity index (χ2v) is 8.51. The fraction of sp³-hybridized carbons (Fsp3) is 0.200.